The van der Waals surface area contributed by atoms with E-state index in [1.54, 1.807) is 11.0 Å². The van der Waals surface area contributed by atoms with Crippen LogP contribution in [0.4, 0.5) is 0 Å². The molecule has 2 amide bonds. The summed E-state index contributed by atoms with van der Waals surface area (Å²) in [7, 11) is 0. The predicted octanol–water partition coefficient (Wildman–Crippen LogP) is 3.41. The topological polar surface area (TPSA) is 63.4 Å². The van der Waals surface area contributed by atoms with Crippen LogP contribution >= 0.6 is 11.6 Å². The molecule has 3 rings (SSSR count). The molecule has 2 aromatic rings. The van der Waals surface area contributed by atoms with Crippen LogP contribution in [0.3, 0.4) is 0 Å². The second-order valence-electron chi connectivity index (χ2n) is 6.12. The van der Waals surface area contributed by atoms with Crippen LogP contribution in [0.15, 0.2) is 42.5 Å². The van der Waals surface area contributed by atoms with E-state index in [2.05, 4.69) is 0 Å². The molecule has 1 aliphatic heterocycles. The fraction of sp³-hybridized carbons (Fsp3) is 0.263. The molecule has 2 aromatic carbocycles. The SMILES string of the molecule is Cc1ccc(Cl)c(-c2cccc(C(=O)N3CCC[C@H]3C(N)=O)c2)c1. The van der Waals surface area contributed by atoms with E-state index in [1.165, 1.54) is 0 Å². The van der Waals surface area contributed by atoms with Crippen molar-refractivity contribution in [2.24, 2.45) is 5.73 Å². The lowest BCUT2D eigenvalue weighted by Crippen LogP contribution is -2.43. The van der Waals surface area contributed by atoms with Crippen LogP contribution in [0, 0.1) is 6.92 Å². The molecule has 0 bridgehead atoms. The molecule has 1 aliphatic rings. The number of nitrogens with two attached hydrogens (primary N) is 1. The lowest BCUT2D eigenvalue weighted by molar-refractivity contribution is -0.121. The second kappa shape index (κ2) is 6.65. The Morgan fingerprint density at radius 2 is 2.00 bits per heavy atom. The number of likely N-dealkylation sites (tertiary alicyclic amines) is 1. The molecule has 0 radical (unpaired) electrons. The number of primary amides is 1. The summed E-state index contributed by atoms with van der Waals surface area (Å²) in [6.45, 7) is 2.55. The van der Waals surface area contributed by atoms with E-state index in [4.69, 9.17) is 17.3 Å². The minimum atomic E-state index is -0.510. The molecule has 24 heavy (non-hydrogen) atoms. The number of aryl methyl sites for hydroxylation is 1. The number of carbonyl (C=O) groups excluding carboxylic acids is 2. The number of carbonyl (C=O) groups is 2. The summed E-state index contributed by atoms with van der Waals surface area (Å²) >= 11 is 6.30. The molecule has 0 aromatic heterocycles. The van der Waals surface area contributed by atoms with Crippen LogP contribution in [0.1, 0.15) is 28.8 Å². The zero-order chi connectivity index (χ0) is 17.3. The lowest BCUT2D eigenvalue weighted by atomic mass is 10.0. The van der Waals surface area contributed by atoms with Crippen LogP contribution in [-0.4, -0.2) is 29.3 Å². The van der Waals surface area contributed by atoms with Crippen LogP contribution in [-0.2, 0) is 4.79 Å². The molecular weight excluding hydrogens is 324 g/mol. The van der Waals surface area contributed by atoms with Crippen molar-refractivity contribution >= 4 is 23.4 Å². The number of nitrogens with zero attached hydrogens (tertiary/aromatic N) is 1. The maximum Gasteiger partial charge on any atom is 0.254 e. The standard InChI is InChI=1S/C19H19ClN2O2/c1-12-7-8-16(20)15(10-12)13-4-2-5-14(11-13)19(24)22-9-3-6-17(22)18(21)23/h2,4-5,7-8,10-11,17H,3,6,9H2,1H3,(H2,21,23)/t17-/m0/s1. The first kappa shape index (κ1) is 16.5. The van der Waals surface area contributed by atoms with E-state index in [1.807, 2.05) is 43.3 Å². The molecule has 1 atom stereocenters. The van der Waals surface area contributed by atoms with Gasteiger partial charge in [-0.1, -0.05) is 35.4 Å². The fourth-order valence-electron chi connectivity index (χ4n) is 3.15. The van der Waals surface area contributed by atoms with Gasteiger partial charge in [0.25, 0.3) is 5.91 Å². The maximum absolute atomic E-state index is 12.8. The summed E-state index contributed by atoms with van der Waals surface area (Å²) in [5.41, 5.74) is 8.82. The van der Waals surface area contributed by atoms with Crippen molar-refractivity contribution in [2.75, 3.05) is 6.54 Å². The van der Waals surface area contributed by atoms with Crippen molar-refractivity contribution in [3.8, 4) is 11.1 Å². The maximum atomic E-state index is 12.8. The Balaban J connectivity index is 1.94. The minimum Gasteiger partial charge on any atom is -0.368 e. The van der Waals surface area contributed by atoms with Crippen molar-refractivity contribution in [2.45, 2.75) is 25.8 Å². The van der Waals surface area contributed by atoms with Crippen molar-refractivity contribution in [3.63, 3.8) is 0 Å². The monoisotopic (exact) mass is 342 g/mol. The molecule has 2 N–H and O–H groups in total. The zero-order valence-electron chi connectivity index (χ0n) is 13.5. The molecule has 124 valence electrons. The molecule has 1 heterocycles. The van der Waals surface area contributed by atoms with Gasteiger partial charge in [0.2, 0.25) is 5.91 Å². The van der Waals surface area contributed by atoms with Crippen molar-refractivity contribution in [3.05, 3.63) is 58.6 Å². The van der Waals surface area contributed by atoms with Gasteiger partial charge in [0.05, 0.1) is 0 Å². The van der Waals surface area contributed by atoms with Crippen LogP contribution in [0.5, 0.6) is 0 Å². The molecule has 0 unspecified atom stereocenters. The van der Waals surface area contributed by atoms with Gasteiger partial charge in [-0.25, -0.2) is 0 Å². The van der Waals surface area contributed by atoms with Crippen LogP contribution in [0.25, 0.3) is 11.1 Å². The predicted molar refractivity (Wildman–Crippen MR) is 94.9 cm³/mol. The largest absolute Gasteiger partial charge is 0.368 e. The van der Waals surface area contributed by atoms with Gasteiger partial charge in [0.15, 0.2) is 0 Å². The summed E-state index contributed by atoms with van der Waals surface area (Å²) in [4.78, 5) is 25.9. The average Bonchev–Trinajstić information content (AvgIpc) is 3.06. The normalized spacial score (nSPS) is 17.1. The Hall–Kier alpha value is -2.33. The molecule has 5 heteroatoms. The van der Waals surface area contributed by atoms with Gasteiger partial charge >= 0.3 is 0 Å². The minimum absolute atomic E-state index is 0.165. The fourth-order valence-corrected chi connectivity index (χ4v) is 3.38. The third-order valence-electron chi connectivity index (χ3n) is 4.38. The molecule has 0 saturated carbocycles. The first-order valence-electron chi connectivity index (χ1n) is 7.94. The number of benzene rings is 2. The number of rotatable bonds is 3. The van der Waals surface area contributed by atoms with E-state index in [9.17, 15) is 9.59 Å². The molecule has 1 fully saturated rings. The summed E-state index contributed by atoms with van der Waals surface area (Å²) in [6, 6.07) is 12.6. The van der Waals surface area contributed by atoms with Gasteiger partial charge in [0.1, 0.15) is 6.04 Å². The van der Waals surface area contributed by atoms with Crippen molar-refractivity contribution in [1.29, 1.82) is 0 Å². The average molecular weight is 343 g/mol. The Labute approximate surface area is 146 Å². The molecule has 1 saturated heterocycles. The first-order valence-corrected chi connectivity index (χ1v) is 8.32. The Bertz CT molecular complexity index is 804. The van der Waals surface area contributed by atoms with E-state index in [-0.39, 0.29) is 5.91 Å². The zero-order valence-corrected chi connectivity index (χ0v) is 14.2. The highest BCUT2D eigenvalue weighted by molar-refractivity contribution is 6.33. The number of amides is 2. The highest BCUT2D eigenvalue weighted by atomic mass is 35.5. The molecule has 4 nitrogen and oxygen atoms in total. The highest BCUT2D eigenvalue weighted by Crippen LogP contribution is 2.30. The van der Waals surface area contributed by atoms with Gasteiger partial charge in [-0.3, -0.25) is 9.59 Å². The molecular formula is C19H19ClN2O2. The van der Waals surface area contributed by atoms with E-state index < -0.39 is 11.9 Å². The Morgan fingerprint density at radius 3 is 2.75 bits per heavy atom. The van der Waals surface area contributed by atoms with Crippen molar-refractivity contribution in [1.82, 2.24) is 4.90 Å². The summed E-state index contributed by atoms with van der Waals surface area (Å²) in [5, 5.41) is 0.640. The van der Waals surface area contributed by atoms with E-state index in [0.717, 1.165) is 23.1 Å². The summed E-state index contributed by atoms with van der Waals surface area (Å²) < 4.78 is 0. The first-order chi connectivity index (χ1) is 11.5. The van der Waals surface area contributed by atoms with Crippen LogP contribution in [0.2, 0.25) is 5.02 Å². The molecule has 0 spiro atoms. The third-order valence-corrected chi connectivity index (χ3v) is 4.71. The van der Waals surface area contributed by atoms with Gasteiger partial charge in [-0.15, -0.1) is 0 Å². The summed E-state index contributed by atoms with van der Waals surface area (Å²) in [6.07, 6.45) is 1.42. The quantitative estimate of drug-likeness (QED) is 0.929. The Morgan fingerprint density at radius 1 is 1.21 bits per heavy atom. The third kappa shape index (κ3) is 3.15. The molecule has 0 aliphatic carbocycles. The number of halogens is 1. The lowest BCUT2D eigenvalue weighted by Gasteiger charge is -2.22. The van der Waals surface area contributed by atoms with Gasteiger partial charge in [0, 0.05) is 22.7 Å². The Kier molecular flexibility index (Phi) is 4.58. The number of hydrogen-bond acceptors (Lipinski definition) is 2. The van der Waals surface area contributed by atoms with Gasteiger partial charge in [-0.2, -0.15) is 0 Å². The van der Waals surface area contributed by atoms with E-state index >= 15 is 0 Å². The van der Waals surface area contributed by atoms with Crippen molar-refractivity contribution < 1.29 is 9.59 Å². The second-order valence-corrected chi connectivity index (χ2v) is 6.53. The van der Waals surface area contributed by atoms with Crippen LogP contribution < -0.4 is 5.73 Å². The van der Waals surface area contributed by atoms with Gasteiger partial charge in [-0.05, 0) is 49.6 Å². The van der Waals surface area contributed by atoms with Gasteiger partial charge < -0.3 is 10.6 Å². The van der Waals surface area contributed by atoms with E-state index in [0.29, 0.717) is 23.6 Å². The number of hydrogen-bond donors (Lipinski definition) is 1. The summed E-state index contributed by atoms with van der Waals surface area (Å²) in [5.74, 6) is -0.611. The smallest absolute Gasteiger partial charge is 0.254 e. The highest BCUT2D eigenvalue weighted by Gasteiger charge is 2.33.